The third-order valence-corrected chi connectivity index (χ3v) is 11.7. The highest BCUT2D eigenvalue weighted by Gasteiger charge is 2.46. The zero-order chi connectivity index (χ0) is 33.8. The number of hydrogen-bond acceptors (Lipinski definition) is 2. The fourth-order valence-electron chi connectivity index (χ4n) is 8.38. The van der Waals surface area contributed by atoms with Crippen molar-refractivity contribution in [2.45, 2.75) is 5.41 Å². The molecule has 1 aliphatic rings. The summed E-state index contributed by atoms with van der Waals surface area (Å²) in [7, 11) is 0. The summed E-state index contributed by atoms with van der Waals surface area (Å²) < 4.78 is 2.57. The lowest BCUT2D eigenvalue weighted by molar-refractivity contribution is 0.770. The summed E-state index contributed by atoms with van der Waals surface area (Å²) >= 11 is 1.89. The van der Waals surface area contributed by atoms with E-state index < -0.39 is 5.41 Å². The molecule has 0 saturated carbocycles. The highest BCUT2D eigenvalue weighted by Crippen LogP contribution is 2.57. The van der Waals surface area contributed by atoms with Gasteiger partial charge in [0.25, 0.3) is 0 Å². The van der Waals surface area contributed by atoms with Gasteiger partial charge < -0.3 is 4.90 Å². The SMILES string of the molecule is c1ccc(-c2ccc(N(c3ccccc3)c3cccc4sc5cc(C6(c7ccccc7)c7ccccc7-c7ccccc76)ccc5c34)cc2)cc1. The van der Waals surface area contributed by atoms with Crippen LogP contribution in [0.15, 0.2) is 200 Å². The Hall–Kier alpha value is -6.22. The van der Waals surface area contributed by atoms with Gasteiger partial charge in [0.05, 0.1) is 11.1 Å². The number of benzene rings is 8. The molecule has 0 spiro atoms. The molecule has 9 aromatic rings. The number of fused-ring (bicyclic) bond motifs is 6. The molecule has 0 saturated heterocycles. The van der Waals surface area contributed by atoms with Crippen LogP contribution >= 0.6 is 11.3 Å². The third kappa shape index (κ3) is 4.61. The van der Waals surface area contributed by atoms with Crippen LogP contribution in [0.3, 0.4) is 0 Å². The summed E-state index contributed by atoms with van der Waals surface area (Å²) in [5.74, 6) is 0. The summed E-state index contributed by atoms with van der Waals surface area (Å²) in [4.78, 5) is 2.41. The molecule has 0 bridgehead atoms. The maximum Gasteiger partial charge on any atom is 0.0714 e. The van der Waals surface area contributed by atoms with Crippen LogP contribution < -0.4 is 4.90 Å². The first-order chi connectivity index (χ1) is 25.3. The van der Waals surface area contributed by atoms with Gasteiger partial charge in [-0.1, -0.05) is 158 Å². The van der Waals surface area contributed by atoms with E-state index in [1.165, 1.54) is 70.4 Å². The maximum absolute atomic E-state index is 2.47. The zero-order valence-electron chi connectivity index (χ0n) is 27.9. The van der Waals surface area contributed by atoms with Crippen LogP contribution in [-0.4, -0.2) is 0 Å². The minimum Gasteiger partial charge on any atom is -0.310 e. The smallest absolute Gasteiger partial charge is 0.0714 e. The Balaban J connectivity index is 1.18. The Kier molecular flexibility index (Phi) is 6.97. The normalized spacial score (nSPS) is 12.9. The zero-order valence-corrected chi connectivity index (χ0v) is 28.7. The molecule has 0 unspecified atom stereocenters. The summed E-state index contributed by atoms with van der Waals surface area (Å²) in [5, 5.41) is 2.56. The van der Waals surface area contributed by atoms with Gasteiger partial charge in [0, 0.05) is 31.5 Å². The molecular formula is C49H33NS. The molecule has 1 aliphatic carbocycles. The average Bonchev–Trinajstić information content (AvgIpc) is 3.73. The number of hydrogen-bond donors (Lipinski definition) is 0. The number of nitrogens with zero attached hydrogens (tertiary/aromatic N) is 1. The highest BCUT2D eigenvalue weighted by atomic mass is 32.1. The topological polar surface area (TPSA) is 3.24 Å². The maximum atomic E-state index is 2.47. The van der Waals surface area contributed by atoms with Crippen LogP contribution in [0.1, 0.15) is 22.3 Å². The molecule has 51 heavy (non-hydrogen) atoms. The van der Waals surface area contributed by atoms with Gasteiger partial charge >= 0.3 is 0 Å². The number of anilines is 3. The molecule has 8 aromatic carbocycles. The van der Waals surface area contributed by atoms with Crippen molar-refractivity contribution in [3.05, 3.63) is 222 Å². The Morgan fingerprint density at radius 1 is 0.392 bits per heavy atom. The van der Waals surface area contributed by atoms with E-state index in [1.807, 2.05) is 11.3 Å². The second kappa shape index (κ2) is 12.0. The van der Waals surface area contributed by atoms with Crippen molar-refractivity contribution in [3.63, 3.8) is 0 Å². The Morgan fingerprint density at radius 2 is 0.961 bits per heavy atom. The molecule has 0 amide bonds. The molecule has 240 valence electrons. The number of rotatable bonds is 6. The van der Waals surface area contributed by atoms with Crippen molar-refractivity contribution < 1.29 is 0 Å². The molecule has 1 aromatic heterocycles. The largest absolute Gasteiger partial charge is 0.310 e. The molecule has 0 fully saturated rings. The first kappa shape index (κ1) is 29.7. The Bertz CT molecular complexity index is 2630. The summed E-state index contributed by atoms with van der Waals surface area (Å²) in [6.07, 6.45) is 0. The molecule has 0 aliphatic heterocycles. The van der Waals surface area contributed by atoms with Crippen LogP contribution in [0, 0.1) is 0 Å². The van der Waals surface area contributed by atoms with Gasteiger partial charge in [-0.25, -0.2) is 0 Å². The lowest BCUT2D eigenvalue weighted by atomic mass is 9.67. The van der Waals surface area contributed by atoms with Crippen molar-refractivity contribution in [1.82, 2.24) is 0 Å². The van der Waals surface area contributed by atoms with E-state index in [1.54, 1.807) is 0 Å². The first-order valence-corrected chi connectivity index (χ1v) is 18.3. The quantitative estimate of drug-likeness (QED) is 0.171. The predicted molar refractivity (Wildman–Crippen MR) is 217 cm³/mol. The number of para-hydroxylation sites is 1. The monoisotopic (exact) mass is 667 g/mol. The van der Waals surface area contributed by atoms with Gasteiger partial charge in [-0.05, 0) is 87.0 Å². The van der Waals surface area contributed by atoms with Crippen LogP contribution in [0.5, 0.6) is 0 Å². The average molecular weight is 668 g/mol. The van der Waals surface area contributed by atoms with E-state index in [-0.39, 0.29) is 0 Å². The van der Waals surface area contributed by atoms with E-state index in [0.717, 1.165) is 11.4 Å². The fourth-order valence-corrected chi connectivity index (χ4v) is 9.54. The molecule has 0 N–H and O–H groups in total. The summed E-state index contributed by atoms with van der Waals surface area (Å²) in [6.45, 7) is 0. The van der Waals surface area contributed by atoms with Crippen LogP contribution in [0.4, 0.5) is 17.1 Å². The second-order valence-corrected chi connectivity index (χ2v) is 14.3. The second-order valence-electron chi connectivity index (χ2n) is 13.3. The first-order valence-electron chi connectivity index (χ1n) is 17.5. The fraction of sp³-hybridized carbons (Fsp3) is 0.0204. The van der Waals surface area contributed by atoms with Gasteiger partial charge in [-0.15, -0.1) is 11.3 Å². The standard InChI is InChI=1S/C49H33NS/c1-4-15-34(16-5-1)35-27-30-39(31-28-35)50(38-19-8-3-9-20-38)45-25-14-26-46-48(45)42-32-29-37(33-47(42)51-46)49(36-17-6-2-7-18-36)43-23-12-10-21-40(43)41-22-11-13-24-44(41)49/h1-33H. The minimum atomic E-state index is -0.418. The van der Waals surface area contributed by atoms with Crippen LogP contribution in [-0.2, 0) is 5.41 Å². The van der Waals surface area contributed by atoms with Crippen LogP contribution in [0.25, 0.3) is 42.4 Å². The molecule has 2 heteroatoms. The number of thiophene rings is 1. The van der Waals surface area contributed by atoms with Gasteiger partial charge in [-0.3, -0.25) is 0 Å². The van der Waals surface area contributed by atoms with E-state index in [4.69, 9.17) is 0 Å². The van der Waals surface area contributed by atoms with E-state index in [0.29, 0.717) is 0 Å². The van der Waals surface area contributed by atoms with Crippen molar-refractivity contribution in [3.8, 4) is 22.3 Å². The lowest BCUT2D eigenvalue weighted by Crippen LogP contribution is -2.28. The van der Waals surface area contributed by atoms with Crippen molar-refractivity contribution in [1.29, 1.82) is 0 Å². The van der Waals surface area contributed by atoms with Crippen molar-refractivity contribution in [2.75, 3.05) is 4.90 Å². The lowest BCUT2D eigenvalue weighted by Gasteiger charge is -2.34. The summed E-state index contributed by atoms with van der Waals surface area (Å²) in [5.41, 5.74) is 13.3. The van der Waals surface area contributed by atoms with Crippen molar-refractivity contribution >= 4 is 48.6 Å². The predicted octanol–water partition coefficient (Wildman–Crippen LogP) is 13.6. The summed E-state index contributed by atoms with van der Waals surface area (Å²) in [6, 6.07) is 73.3. The van der Waals surface area contributed by atoms with Crippen LogP contribution in [0.2, 0.25) is 0 Å². The third-order valence-electron chi connectivity index (χ3n) is 10.6. The molecular weight excluding hydrogens is 635 g/mol. The van der Waals surface area contributed by atoms with Gasteiger partial charge in [0.15, 0.2) is 0 Å². The van der Waals surface area contributed by atoms with Crippen molar-refractivity contribution in [2.24, 2.45) is 0 Å². The highest BCUT2D eigenvalue weighted by molar-refractivity contribution is 7.26. The van der Waals surface area contributed by atoms with E-state index >= 15 is 0 Å². The molecule has 0 atom stereocenters. The minimum absolute atomic E-state index is 0.418. The Labute approximate surface area is 302 Å². The molecule has 10 rings (SSSR count). The Morgan fingerprint density at radius 3 is 1.65 bits per heavy atom. The molecule has 1 nitrogen and oxygen atoms in total. The van der Waals surface area contributed by atoms with E-state index in [2.05, 4.69) is 205 Å². The molecule has 0 radical (unpaired) electrons. The van der Waals surface area contributed by atoms with Gasteiger partial charge in [-0.2, -0.15) is 0 Å². The van der Waals surface area contributed by atoms with Gasteiger partial charge in [0.1, 0.15) is 0 Å². The van der Waals surface area contributed by atoms with Gasteiger partial charge in [0.2, 0.25) is 0 Å². The van der Waals surface area contributed by atoms with E-state index in [9.17, 15) is 0 Å². The molecule has 1 heterocycles.